The van der Waals surface area contributed by atoms with Crippen LogP contribution in [-0.4, -0.2) is 39.5 Å². The van der Waals surface area contributed by atoms with Crippen molar-refractivity contribution in [1.29, 1.82) is 0 Å². The molecule has 1 amide bonds. The summed E-state index contributed by atoms with van der Waals surface area (Å²) < 4.78 is 0. The number of nitrogens with zero attached hydrogens (tertiary/aromatic N) is 2. The van der Waals surface area contributed by atoms with Crippen LogP contribution in [0.1, 0.15) is 35.2 Å². The molecule has 20 heavy (non-hydrogen) atoms. The zero-order chi connectivity index (χ0) is 14.7. The number of amides is 1. The number of nitrogens with two attached hydrogens (primary N) is 1. The number of phenols is 1. The van der Waals surface area contributed by atoms with Crippen LogP contribution in [0, 0.1) is 6.92 Å². The number of hydrogen-bond acceptors (Lipinski definition) is 4. The van der Waals surface area contributed by atoms with Crippen molar-refractivity contribution in [3.63, 3.8) is 0 Å². The van der Waals surface area contributed by atoms with Gasteiger partial charge in [-0.2, -0.15) is 0 Å². The topological polar surface area (TPSA) is 99.2 Å². The first-order valence-electron chi connectivity index (χ1n) is 6.60. The molecular formula is C14H19N3O3. The average Bonchev–Trinajstić information content (AvgIpc) is 3.26. The Morgan fingerprint density at radius 2 is 2.20 bits per heavy atom. The van der Waals surface area contributed by atoms with Gasteiger partial charge in [0.15, 0.2) is 0 Å². The van der Waals surface area contributed by atoms with Crippen LogP contribution < -0.4 is 5.73 Å². The minimum Gasteiger partial charge on any atom is -0.508 e. The zero-order valence-corrected chi connectivity index (χ0v) is 11.4. The molecule has 1 aliphatic rings. The molecule has 1 fully saturated rings. The Balaban J connectivity index is 2.17. The normalized spacial score (nSPS) is 15.2. The Hall–Kier alpha value is -2.24. The molecule has 1 saturated carbocycles. The third-order valence-corrected chi connectivity index (χ3v) is 3.52. The number of rotatable bonds is 5. The van der Waals surface area contributed by atoms with Crippen molar-refractivity contribution >= 4 is 11.7 Å². The fourth-order valence-corrected chi connectivity index (χ4v) is 2.13. The number of amidine groups is 1. The van der Waals surface area contributed by atoms with E-state index in [-0.39, 0.29) is 23.5 Å². The van der Waals surface area contributed by atoms with Gasteiger partial charge >= 0.3 is 0 Å². The second kappa shape index (κ2) is 5.81. The molecule has 4 N–H and O–H groups in total. The van der Waals surface area contributed by atoms with E-state index >= 15 is 0 Å². The van der Waals surface area contributed by atoms with Gasteiger partial charge in [0.25, 0.3) is 5.91 Å². The molecule has 0 atom stereocenters. The van der Waals surface area contributed by atoms with Gasteiger partial charge in [-0.15, -0.1) is 0 Å². The number of hydrogen-bond donors (Lipinski definition) is 3. The van der Waals surface area contributed by atoms with Crippen LogP contribution >= 0.6 is 0 Å². The van der Waals surface area contributed by atoms with Crippen molar-refractivity contribution in [2.45, 2.75) is 32.2 Å². The summed E-state index contributed by atoms with van der Waals surface area (Å²) in [4.78, 5) is 14.3. The van der Waals surface area contributed by atoms with Crippen LogP contribution in [0.3, 0.4) is 0 Å². The second-order valence-electron chi connectivity index (χ2n) is 5.02. The van der Waals surface area contributed by atoms with Crippen LogP contribution in [0.5, 0.6) is 5.75 Å². The Morgan fingerprint density at radius 3 is 2.80 bits per heavy atom. The van der Waals surface area contributed by atoms with Gasteiger partial charge in [-0.3, -0.25) is 4.79 Å². The van der Waals surface area contributed by atoms with Crippen molar-refractivity contribution in [3.8, 4) is 5.75 Å². The van der Waals surface area contributed by atoms with Gasteiger partial charge < -0.3 is 20.9 Å². The largest absolute Gasteiger partial charge is 0.508 e. The molecule has 0 saturated heterocycles. The van der Waals surface area contributed by atoms with Gasteiger partial charge in [0.2, 0.25) is 0 Å². The van der Waals surface area contributed by atoms with Crippen molar-refractivity contribution < 1.29 is 15.1 Å². The van der Waals surface area contributed by atoms with E-state index in [2.05, 4.69) is 5.16 Å². The van der Waals surface area contributed by atoms with Gasteiger partial charge in [0, 0.05) is 30.1 Å². The molecule has 0 heterocycles. The lowest BCUT2D eigenvalue weighted by Gasteiger charge is -2.23. The third-order valence-electron chi connectivity index (χ3n) is 3.52. The highest BCUT2D eigenvalue weighted by Gasteiger charge is 2.33. The zero-order valence-electron chi connectivity index (χ0n) is 11.4. The molecule has 6 heteroatoms. The monoisotopic (exact) mass is 277 g/mol. The van der Waals surface area contributed by atoms with E-state index < -0.39 is 0 Å². The summed E-state index contributed by atoms with van der Waals surface area (Å²) >= 11 is 0. The van der Waals surface area contributed by atoms with Crippen molar-refractivity contribution in [3.05, 3.63) is 29.3 Å². The average molecular weight is 277 g/mol. The summed E-state index contributed by atoms with van der Waals surface area (Å²) in [7, 11) is 0. The summed E-state index contributed by atoms with van der Waals surface area (Å²) in [5.74, 6) is 0.103. The van der Waals surface area contributed by atoms with E-state index in [4.69, 9.17) is 10.9 Å². The van der Waals surface area contributed by atoms with E-state index in [0.717, 1.165) is 12.8 Å². The van der Waals surface area contributed by atoms with Crippen LogP contribution in [0.15, 0.2) is 23.4 Å². The molecule has 1 aromatic rings. The van der Waals surface area contributed by atoms with E-state index in [1.807, 2.05) is 0 Å². The summed E-state index contributed by atoms with van der Waals surface area (Å²) in [5.41, 5.74) is 6.53. The standard InChI is InChI=1S/C14H19N3O3/c1-9-11(3-2-4-12(9)18)14(19)17(10-5-6-10)8-7-13(15)16-20/h2-4,10,18,20H,5-8H2,1H3,(H2,15,16). The highest BCUT2D eigenvalue weighted by atomic mass is 16.4. The van der Waals surface area contributed by atoms with Crippen LogP contribution in [0.2, 0.25) is 0 Å². The fraction of sp³-hybridized carbons (Fsp3) is 0.429. The predicted octanol–water partition coefficient (Wildman–Crippen LogP) is 1.44. The van der Waals surface area contributed by atoms with Crippen molar-refractivity contribution in [2.75, 3.05) is 6.54 Å². The summed E-state index contributed by atoms with van der Waals surface area (Å²) in [6.45, 7) is 2.13. The second-order valence-corrected chi connectivity index (χ2v) is 5.02. The minimum atomic E-state index is -0.119. The SMILES string of the molecule is Cc1c(O)cccc1C(=O)N(CC/C(N)=N/O)C1CC1. The molecule has 1 aromatic carbocycles. The molecule has 1 aliphatic carbocycles. The van der Waals surface area contributed by atoms with Crippen LogP contribution in [0.25, 0.3) is 0 Å². The van der Waals surface area contributed by atoms with E-state index in [9.17, 15) is 9.90 Å². The van der Waals surface area contributed by atoms with Crippen LogP contribution in [-0.2, 0) is 0 Å². The van der Waals surface area contributed by atoms with Gasteiger partial charge in [-0.1, -0.05) is 11.2 Å². The van der Waals surface area contributed by atoms with Crippen LogP contribution in [0.4, 0.5) is 0 Å². The van der Waals surface area contributed by atoms with E-state index in [1.165, 1.54) is 0 Å². The van der Waals surface area contributed by atoms with Crippen molar-refractivity contribution in [1.82, 2.24) is 4.90 Å². The number of carbonyl (C=O) groups excluding carboxylic acids is 1. The van der Waals surface area contributed by atoms with Gasteiger partial charge in [0.05, 0.1) is 0 Å². The molecule has 0 bridgehead atoms. The molecule has 108 valence electrons. The molecule has 2 rings (SSSR count). The maximum absolute atomic E-state index is 12.6. The molecule has 0 spiro atoms. The van der Waals surface area contributed by atoms with Gasteiger partial charge in [-0.05, 0) is 31.9 Å². The Morgan fingerprint density at radius 1 is 1.50 bits per heavy atom. The first-order chi connectivity index (χ1) is 9.54. The first kappa shape index (κ1) is 14.2. The maximum atomic E-state index is 12.6. The predicted molar refractivity (Wildman–Crippen MR) is 74.9 cm³/mol. The fourth-order valence-electron chi connectivity index (χ4n) is 2.13. The van der Waals surface area contributed by atoms with Gasteiger partial charge in [-0.25, -0.2) is 0 Å². The summed E-state index contributed by atoms with van der Waals surface area (Å²) in [6.07, 6.45) is 2.27. The number of benzene rings is 1. The lowest BCUT2D eigenvalue weighted by atomic mass is 10.1. The lowest BCUT2D eigenvalue weighted by Crippen LogP contribution is -2.36. The molecule has 0 unspecified atom stereocenters. The molecule has 0 aromatic heterocycles. The number of phenolic OH excluding ortho intramolecular Hbond substituents is 1. The Bertz CT molecular complexity index is 538. The van der Waals surface area contributed by atoms with Crippen molar-refractivity contribution in [2.24, 2.45) is 10.9 Å². The Labute approximate surface area is 117 Å². The molecule has 0 aliphatic heterocycles. The summed E-state index contributed by atoms with van der Waals surface area (Å²) in [5, 5.41) is 21.2. The molecular weight excluding hydrogens is 258 g/mol. The quantitative estimate of drug-likeness (QED) is 0.328. The number of carbonyl (C=O) groups is 1. The third kappa shape index (κ3) is 3.01. The van der Waals surface area contributed by atoms with Gasteiger partial charge in [0.1, 0.15) is 11.6 Å². The number of oxime groups is 1. The molecule has 0 radical (unpaired) electrons. The number of aromatic hydroxyl groups is 1. The first-order valence-corrected chi connectivity index (χ1v) is 6.60. The highest BCUT2D eigenvalue weighted by molar-refractivity contribution is 5.97. The Kier molecular flexibility index (Phi) is 4.12. The summed E-state index contributed by atoms with van der Waals surface area (Å²) in [6, 6.07) is 5.14. The smallest absolute Gasteiger partial charge is 0.254 e. The molecule has 6 nitrogen and oxygen atoms in total. The maximum Gasteiger partial charge on any atom is 0.254 e. The minimum absolute atomic E-state index is 0.107. The van der Waals surface area contributed by atoms with E-state index in [1.54, 1.807) is 30.0 Å². The highest BCUT2D eigenvalue weighted by Crippen LogP contribution is 2.30. The van der Waals surface area contributed by atoms with E-state index in [0.29, 0.717) is 24.1 Å². The lowest BCUT2D eigenvalue weighted by molar-refractivity contribution is 0.0746.